The van der Waals surface area contributed by atoms with E-state index in [1.165, 1.54) is 0 Å². The van der Waals surface area contributed by atoms with Crippen molar-refractivity contribution in [2.75, 3.05) is 43.6 Å². The van der Waals surface area contributed by atoms with Gasteiger partial charge in [-0.15, -0.1) is 0 Å². The molecule has 1 saturated heterocycles. The lowest BCUT2D eigenvalue weighted by Crippen LogP contribution is -2.34. The molecule has 1 aromatic heterocycles. The van der Waals surface area contributed by atoms with Gasteiger partial charge in [-0.05, 0) is 0 Å². The molecule has 1 aromatic rings. The summed E-state index contributed by atoms with van der Waals surface area (Å²) in [6.07, 6.45) is 2.76. The summed E-state index contributed by atoms with van der Waals surface area (Å²) in [5, 5.41) is 3.16. The third-order valence-corrected chi connectivity index (χ3v) is 2.91. The van der Waals surface area contributed by atoms with Crippen LogP contribution in [0.25, 0.3) is 0 Å². The lowest BCUT2D eigenvalue weighted by atomic mass is 10.1. The molecule has 0 unspecified atom stereocenters. The van der Waals surface area contributed by atoms with Crippen molar-refractivity contribution in [3.8, 4) is 0 Å². The van der Waals surface area contributed by atoms with Crippen LogP contribution < -0.4 is 10.2 Å². The highest BCUT2D eigenvalue weighted by Gasteiger charge is 2.17. The Labute approximate surface area is 106 Å². The molecule has 98 valence electrons. The Balaban J connectivity index is 1.96. The van der Waals surface area contributed by atoms with E-state index in [0.29, 0.717) is 31.8 Å². The highest BCUT2D eigenvalue weighted by atomic mass is 16.5. The molecular formula is C12H18N4O2. The number of nitrogens with zero attached hydrogens (tertiary/aromatic N) is 3. The van der Waals surface area contributed by atoms with E-state index in [-0.39, 0.29) is 0 Å². The second-order valence-corrected chi connectivity index (χ2v) is 4.21. The van der Waals surface area contributed by atoms with Gasteiger partial charge in [-0.3, -0.25) is 4.79 Å². The molecule has 0 aromatic carbocycles. The molecule has 0 spiro atoms. The molecule has 2 rings (SSSR count). The van der Waals surface area contributed by atoms with Crippen molar-refractivity contribution < 1.29 is 9.53 Å². The maximum Gasteiger partial charge on any atom is 0.136 e. The zero-order chi connectivity index (χ0) is 12.8. The van der Waals surface area contributed by atoms with Crippen LogP contribution in [0.3, 0.4) is 0 Å². The molecule has 1 aliphatic rings. The maximum absolute atomic E-state index is 11.2. The number of carbonyl (C=O) groups is 1. The van der Waals surface area contributed by atoms with E-state index in [0.717, 1.165) is 24.7 Å². The fraction of sp³-hybridized carbons (Fsp3) is 0.583. The minimum atomic E-state index is 0.332. The summed E-state index contributed by atoms with van der Waals surface area (Å²) in [7, 11) is 1.66. The summed E-state index contributed by atoms with van der Waals surface area (Å²) < 4.78 is 4.97. The topological polar surface area (TPSA) is 67.3 Å². The molecular weight excluding hydrogens is 232 g/mol. The van der Waals surface area contributed by atoms with Gasteiger partial charge in [0.25, 0.3) is 0 Å². The van der Waals surface area contributed by atoms with Crippen LogP contribution in [0.5, 0.6) is 0 Å². The van der Waals surface area contributed by atoms with E-state index in [1.54, 1.807) is 13.4 Å². The molecule has 1 aliphatic heterocycles. The summed E-state index contributed by atoms with van der Waals surface area (Å²) in [5.74, 6) is 1.99. The Bertz CT molecular complexity index is 401. The van der Waals surface area contributed by atoms with Crippen LogP contribution in [-0.2, 0) is 9.53 Å². The Hall–Kier alpha value is -1.69. The van der Waals surface area contributed by atoms with Crippen molar-refractivity contribution in [3.63, 3.8) is 0 Å². The lowest BCUT2D eigenvalue weighted by molar-refractivity contribution is -0.119. The molecule has 1 N–H and O–H groups in total. The fourth-order valence-corrected chi connectivity index (χ4v) is 1.88. The first-order chi connectivity index (χ1) is 8.79. The second-order valence-electron chi connectivity index (χ2n) is 4.21. The number of methoxy groups -OCH3 is 1. The average molecular weight is 250 g/mol. The average Bonchev–Trinajstić information content (AvgIpc) is 2.40. The SMILES string of the molecule is COCCNc1cc(N2CCC(=O)CC2)ncn1. The van der Waals surface area contributed by atoms with Crippen molar-refractivity contribution in [1.29, 1.82) is 0 Å². The summed E-state index contributed by atoms with van der Waals surface area (Å²) in [5.41, 5.74) is 0. The van der Waals surface area contributed by atoms with E-state index in [2.05, 4.69) is 20.2 Å². The van der Waals surface area contributed by atoms with Crippen molar-refractivity contribution in [1.82, 2.24) is 9.97 Å². The zero-order valence-electron chi connectivity index (χ0n) is 10.6. The Morgan fingerprint density at radius 3 is 2.89 bits per heavy atom. The fourth-order valence-electron chi connectivity index (χ4n) is 1.88. The Kier molecular flexibility index (Phi) is 4.46. The maximum atomic E-state index is 11.2. The lowest BCUT2D eigenvalue weighted by Gasteiger charge is -2.27. The Morgan fingerprint density at radius 1 is 1.39 bits per heavy atom. The van der Waals surface area contributed by atoms with E-state index >= 15 is 0 Å². The molecule has 0 amide bonds. The van der Waals surface area contributed by atoms with E-state index in [9.17, 15) is 4.79 Å². The summed E-state index contributed by atoms with van der Waals surface area (Å²) in [6, 6.07) is 1.91. The quantitative estimate of drug-likeness (QED) is 0.776. The number of nitrogens with one attached hydrogen (secondary N) is 1. The molecule has 18 heavy (non-hydrogen) atoms. The largest absolute Gasteiger partial charge is 0.383 e. The van der Waals surface area contributed by atoms with Gasteiger partial charge in [0.15, 0.2) is 0 Å². The molecule has 6 nitrogen and oxygen atoms in total. The number of carbonyl (C=O) groups excluding carboxylic acids is 1. The number of aromatic nitrogens is 2. The van der Waals surface area contributed by atoms with Gasteiger partial charge in [-0.25, -0.2) is 9.97 Å². The first-order valence-corrected chi connectivity index (χ1v) is 6.11. The normalized spacial score (nSPS) is 15.8. The van der Waals surface area contributed by atoms with Crippen LogP contribution in [0.15, 0.2) is 12.4 Å². The summed E-state index contributed by atoms with van der Waals surface area (Å²) in [6.45, 7) is 2.84. The first-order valence-electron chi connectivity index (χ1n) is 6.11. The van der Waals surface area contributed by atoms with Gasteiger partial charge in [0.1, 0.15) is 23.7 Å². The Morgan fingerprint density at radius 2 is 2.17 bits per heavy atom. The van der Waals surface area contributed by atoms with Crippen molar-refractivity contribution >= 4 is 17.4 Å². The summed E-state index contributed by atoms with van der Waals surface area (Å²) >= 11 is 0. The molecule has 6 heteroatoms. The third-order valence-electron chi connectivity index (χ3n) is 2.91. The molecule has 1 fully saturated rings. The predicted octanol–water partition coefficient (Wildman–Crippen LogP) is 0.704. The van der Waals surface area contributed by atoms with Crippen LogP contribution >= 0.6 is 0 Å². The number of hydrogen-bond donors (Lipinski definition) is 1. The van der Waals surface area contributed by atoms with Crippen molar-refractivity contribution in [2.24, 2.45) is 0 Å². The molecule has 0 atom stereocenters. The molecule has 0 bridgehead atoms. The third kappa shape index (κ3) is 3.40. The molecule has 0 aliphatic carbocycles. The number of ketones is 1. The number of piperidine rings is 1. The minimum absolute atomic E-state index is 0.332. The molecule has 0 radical (unpaired) electrons. The van der Waals surface area contributed by atoms with Crippen LogP contribution in [-0.4, -0.2) is 49.1 Å². The van der Waals surface area contributed by atoms with Gasteiger partial charge in [0.05, 0.1) is 6.61 Å². The van der Waals surface area contributed by atoms with Crippen LogP contribution in [0, 0.1) is 0 Å². The van der Waals surface area contributed by atoms with Gasteiger partial charge in [-0.2, -0.15) is 0 Å². The zero-order valence-corrected chi connectivity index (χ0v) is 10.6. The standard InChI is InChI=1S/C12H18N4O2/c1-18-7-4-13-11-8-12(15-9-14-11)16-5-2-10(17)3-6-16/h8-9H,2-7H2,1H3,(H,13,14,15). The van der Waals surface area contributed by atoms with Gasteiger partial charge >= 0.3 is 0 Å². The van der Waals surface area contributed by atoms with Gasteiger partial charge in [-0.1, -0.05) is 0 Å². The number of anilines is 2. The molecule has 2 heterocycles. The van der Waals surface area contributed by atoms with Gasteiger partial charge in [0.2, 0.25) is 0 Å². The second kappa shape index (κ2) is 6.30. The monoisotopic (exact) mass is 250 g/mol. The van der Waals surface area contributed by atoms with Crippen molar-refractivity contribution in [2.45, 2.75) is 12.8 Å². The van der Waals surface area contributed by atoms with Crippen molar-refractivity contribution in [3.05, 3.63) is 12.4 Å². The molecule has 0 saturated carbocycles. The number of Topliss-reactive ketones (excluding diaryl/α,β-unsaturated/α-hetero) is 1. The van der Waals surface area contributed by atoms with E-state index in [1.807, 2.05) is 6.07 Å². The number of rotatable bonds is 5. The van der Waals surface area contributed by atoms with E-state index in [4.69, 9.17) is 4.74 Å². The predicted molar refractivity (Wildman–Crippen MR) is 68.9 cm³/mol. The first kappa shape index (κ1) is 12.8. The van der Waals surface area contributed by atoms with Crippen LogP contribution in [0.2, 0.25) is 0 Å². The highest BCUT2D eigenvalue weighted by molar-refractivity contribution is 5.80. The number of hydrogen-bond acceptors (Lipinski definition) is 6. The van der Waals surface area contributed by atoms with Crippen LogP contribution in [0.1, 0.15) is 12.8 Å². The summed E-state index contributed by atoms with van der Waals surface area (Å²) in [4.78, 5) is 21.7. The van der Waals surface area contributed by atoms with Crippen LogP contribution in [0.4, 0.5) is 11.6 Å². The van der Waals surface area contributed by atoms with Gasteiger partial charge < -0.3 is 15.0 Å². The smallest absolute Gasteiger partial charge is 0.136 e. The number of ether oxygens (including phenoxy) is 1. The van der Waals surface area contributed by atoms with E-state index < -0.39 is 0 Å². The highest BCUT2D eigenvalue weighted by Crippen LogP contribution is 2.17. The minimum Gasteiger partial charge on any atom is -0.383 e. The van der Waals surface area contributed by atoms with Gasteiger partial charge in [0, 0.05) is 45.7 Å².